The van der Waals surface area contributed by atoms with Crippen LogP contribution in [0.25, 0.3) is 6.08 Å². The number of benzene rings is 1. The van der Waals surface area contributed by atoms with E-state index >= 15 is 0 Å². The maximum atomic E-state index is 13.0. The van der Waals surface area contributed by atoms with Gasteiger partial charge in [0.15, 0.2) is 11.5 Å². The van der Waals surface area contributed by atoms with Crippen LogP contribution in [0.3, 0.4) is 0 Å². The molecule has 7 heteroatoms. The van der Waals surface area contributed by atoms with Crippen molar-refractivity contribution in [2.24, 2.45) is 0 Å². The van der Waals surface area contributed by atoms with E-state index in [1.165, 1.54) is 4.90 Å². The average Bonchev–Trinajstić information content (AvgIpc) is 2.67. The van der Waals surface area contributed by atoms with Gasteiger partial charge in [0.05, 0.1) is 11.4 Å². The Kier molecular flexibility index (Phi) is 5.40. The van der Waals surface area contributed by atoms with Crippen LogP contribution in [-0.4, -0.2) is 41.3 Å². The van der Waals surface area contributed by atoms with Gasteiger partial charge in [-0.2, -0.15) is 0 Å². The van der Waals surface area contributed by atoms with Crippen molar-refractivity contribution in [2.45, 2.75) is 13.8 Å². The summed E-state index contributed by atoms with van der Waals surface area (Å²) >= 11 is 0. The fraction of sp³-hybridized carbons (Fsp3) is 0.250. The Morgan fingerprint density at radius 2 is 2.04 bits per heavy atom. The SMILES string of the molecule is CCN(CC)C(=O)CN1C(=O)/C(=C\c2ccccn2)Oc2cc(N)ccc21. The molecule has 0 bridgehead atoms. The molecule has 0 fully saturated rings. The van der Waals surface area contributed by atoms with E-state index in [-0.39, 0.29) is 18.2 Å². The lowest BCUT2D eigenvalue weighted by atomic mass is 10.1. The lowest BCUT2D eigenvalue weighted by Gasteiger charge is -2.31. The predicted molar refractivity (Wildman–Crippen MR) is 104 cm³/mol. The molecule has 7 nitrogen and oxygen atoms in total. The highest BCUT2D eigenvalue weighted by Crippen LogP contribution is 2.37. The molecule has 0 atom stereocenters. The van der Waals surface area contributed by atoms with Crippen LogP contribution in [0, 0.1) is 0 Å². The molecule has 0 aliphatic carbocycles. The summed E-state index contributed by atoms with van der Waals surface area (Å²) in [5.41, 5.74) is 7.48. The molecule has 1 aliphatic rings. The molecule has 1 aromatic carbocycles. The summed E-state index contributed by atoms with van der Waals surface area (Å²) in [5.74, 6) is 0.0110. The molecule has 0 spiro atoms. The Labute approximate surface area is 158 Å². The predicted octanol–water partition coefficient (Wildman–Crippen LogP) is 2.30. The molecule has 2 N–H and O–H groups in total. The van der Waals surface area contributed by atoms with Crippen LogP contribution in [0.4, 0.5) is 11.4 Å². The maximum absolute atomic E-state index is 13.0. The fourth-order valence-electron chi connectivity index (χ4n) is 2.90. The number of hydrogen-bond donors (Lipinski definition) is 1. The van der Waals surface area contributed by atoms with Crippen LogP contribution < -0.4 is 15.4 Å². The van der Waals surface area contributed by atoms with Gasteiger partial charge in [-0.15, -0.1) is 0 Å². The number of nitrogens with zero attached hydrogens (tertiary/aromatic N) is 3. The van der Waals surface area contributed by atoms with Crippen molar-refractivity contribution in [3.63, 3.8) is 0 Å². The van der Waals surface area contributed by atoms with Gasteiger partial charge in [0.1, 0.15) is 6.54 Å². The summed E-state index contributed by atoms with van der Waals surface area (Å²) in [6.45, 7) is 4.91. The number of hydrogen-bond acceptors (Lipinski definition) is 5. The van der Waals surface area contributed by atoms with Gasteiger partial charge in [0.25, 0.3) is 5.91 Å². The quantitative estimate of drug-likeness (QED) is 0.648. The number of nitrogens with two attached hydrogens (primary N) is 1. The molecule has 1 aliphatic heterocycles. The highest BCUT2D eigenvalue weighted by Gasteiger charge is 2.32. The van der Waals surface area contributed by atoms with E-state index in [2.05, 4.69) is 4.98 Å². The van der Waals surface area contributed by atoms with Gasteiger partial charge in [-0.3, -0.25) is 19.5 Å². The highest BCUT2D eigenvalue weighted by molar-refractivity contribution is 6.12. The monoisotopic (exact) mass is 366 g/mol. The molecule has 140 valence electrons. The highest BCUT2D eigenvalue weighted by atomic mass is 16.5. The Balaban J connectivity index is 1.99. The van der Waals surface area contributed by atoms with Crippen molar-refractivity contribution >= 4 is 29.3 Å². The molecule has 0 saturated carbocycles. The molecule has 2 amide bonds. The number of likely N-dealkylation sites (N-methyl/N-ethyl adjacent to an activating group) is 1. The summed E-state index contributed by atoms with van der Waals surface area (Å²) in [7, 11) is 0. The molecular formula is C20H22N4O3. The zero-order valence-corrected chi connectivity index (χ0v) is 15.4. The standard InChI is InChI=1S/C20H22N4O3/c1-3-23(4-2)19(25)13-24-16-9-8-14(21)11-17(16)27-18(20(24)26)12-15-7-5-6-10-22-15/h5-12H,3-4,13,21H2,1-2H3/b18-12+. The van der Waals surface area contributed by atoms with Crippen LogP contribution >= 0.6 is 0 Å². The van der Waals surface area contributed by atoms with Crippen LogP contribution in [0.1, 0.15) is 19.5 Å². The van der Waals surface area contributed by atoms with Gasteiger partial charge < -0.3 is 15.4 Å². The summed E-state index contributed by atoms with van der Waals surface area (Å²) < 4.78 is 5.78. The molecular weight excluding hydrogens is 344 g/mol. The van der Waals surface area contributed by atoms with Crippen molar-refractivity contribution < 1.29 is 14.3 Å². The van der Waals surface area contributed by atoms with Crippen molar-refractivity contribution in [1.82, 2.24) is 9.88 Å². The van der Waals surface area contributed by atoms with E-state index in [1.807, 2.05) is 19.9 Å². The summed E-state index contributed by atoms with van der Waals surface area (Å²) in [4.78, 5) is 32.9. The van der Waals surface area contributed by atoms with Gasteiger partial charge in [-0.25, -0.2) is 0 Å². The molecule has 0 radical (unpaired) electrons. The van der Waals surface area contributed by atoms with Crippen LogP contribution in [-0.2, 0) is 9.59 Å². The second kappa shape index (κ2) is 7.90. The Bertz CT molecular complexity index is 876. The minimum atomic E-state index is -0.390. The molecule has 27 heavy (non-hydrogen) atoms. The van der Waals surface area contributed by atoms with Crippen molar-refractivity contribution in [2.75, 3.05) is 30.3 Å². The zero-order valence-electron chi connectivity index (χ0n) is 15.4. The van der Waals surface area contributed by atoms with E-state index < -0.39 is 5.91 Å². The second-order valence-electron chi connectivity index (χ2n) is 6.05. The number of rotatable bonds is 5. The molecule has 1 aromatic heterocycles. The minimum Gasteiger partial charge on any atom is -0.449 e. The van der Waals surface area contributed by atoms with E-state index in [0.717, 1.165) is 0 Å². The van der Waals surface area contributed by atoms with Gasteiger partial charge in [-0.05, 0) is 38.1 Å². The second-order valence-corrected chi connectivity index (χ2v) is 6.05. The number of carbonyl (C=O) groups is 2. The maximum Gasteiger partial charge on any atom is 0.294 e. The Morgan fingerprint density at radius 3 is 2.70 bits per heavy atom. The van der Waals surface area contributed by atoms with Gasteiger partial charge in [-0.1, -0.05) is 6.07 Å². The first kappa shape index (κ1) is 18.4. The third-order valence-corrected chi connectivity index (χ3v) is 4.33. The fourth-order valence-corrected chi connectivity index (χ4v) is 2.90. The molecule has 3 rings (SSSR count). The minimum absolute atomic E-state index is 0.0691. The third kappa shape index (κ3) is 3.92. The largest absolute Gasteiger partial charge is 0.449 e. The number of pyridine rings is 1. The number of anilines is 2. The summed E-state index contributed by atoms with van der Waals surface area (Å²) in [5, 5.41) is 0. The van der Waals surface area contributed by atoms with E-state index in [9.17, 15) is 9.59 Å². The molecule has 0 unspecified atom stereocenters. The third-order valence-electron chi connectivity index (χ3n) is 4.33. The van der Waals surface area contributed by atoms with E-state index in [1.54, 1.807) is 47.5 Å². The van der Waals surface area contributed by atoms with Gasteiger partial charge in [0, 0.05) is 37.1 Å². The smallest absolute Gasteiger partial charge is 0.294 e. The summed E-state index contributed by atoms with van der Waals surface area (Å²) in [6.07, 6.45) is 3.19. The van der Waals surface area contributed by atoms with E-state index in [4.69, 9.17) is 10.5 Å². The van der Waals surface area contributed by atoms with Gasteiger partial charge >= 0.3 is 0 Å². The van der Waals surface area contributed by atoms with Gasteiger partial charge in [0.2, 0.25) is 5.91 Å². The lowest BCUT2D eigenvalue weighted by Crippen LogP contribution is -2.45. The average molecular weight is 366 g/mol. The van der Waals surface area contributed by atoms with Crippen molar-refractivity contribution in [3.8, 4) is 5.75 Å². The van der Waals surface area contributed by atoms with E-state index in [0.29, 0.717) is 35.9 Å². The number of aromatic nitrogens is 1. The number of carbonyl (C=O) groups excluding carboxylic acids is 2. The topological polar surface area (TPSA) is 88.8 Å². The normalized spacial score (nSPS) is 14.7. The number of nitrogen functional groups attached to an aromatic ring is 1. The Morgan fingerprint density at radius 1 is 1.26 bits per heavy atom. The van der Waals surface area contributed by atoms with Crippen LogP contribution in [0.2, 0.25) is 0 Å². The molecule has 0 saturated heterocycles. The Hall–Kier alpha value is -3.35. The van der Waals surface area contributed by atoms with Crippen molar-refractivity contribution in [3.05, 3.63) is 54.0 Å². The number of ether oxygens (including phenoxy) is 1. The molecule has 2 heterocycles. The first-order chi connectivity index (χ1) is 13.0. The number of amides is 2. The molecule has 2 aromatic rings. The zero-order chi connectivity index (χ0) is 19.4. The first-order valence-electron chi connectivity index (χ1n) is 8.83. The van der Waals surface area contributed by atoms with Crippen molar-refractivity contribution in [1.29, 1.82) is 0 Å². The van der Waals surface area contributed by atoms with Crippen LogP contribution in [0.15, 0.2) is 48.4 Å². The lowest BCUT2D eigenvalue weighted by molar-refractivity contribution is -0.131. The first-order valence-corrected chi connectivity index (χ1v) is 8.83. The summed E-state index contributed by atoms with van der Waals surface area (Å²) in [6, 6.07) is 10.4. The van der Waals surface area contributed by atoms with Crippen LogP contribution in [0.5, 0.6) is 5.75 Å². The number of fused-ring (bicyclic) bond motifs is 1.